The molecule has 30 heavy (non-hydrogen) atoms. The van der Waals surface area contributed by atoms with Gasteiger partial charge in [-0.05, 0) is 71.8 Å². The highest BCUT2D eigenvalue weighted by Gasteiger charge is 2.30. The van der Waals surface area contributed by atoms with Crippen LogP contribution in [0.5, 0.6) is 11.5 Å². The Morgan fingerprint density at radius 2 is 1.53 bits per heavy atom. The van der Waals surface area contributed by atoms with Crippen LogP contribution < -0.4 is 9.47 Å². The van der Waals surface area contributed by atoms with Gasteiger partial charge in [0.1, 0.15) is 11.5 Å². The lowest BCUT2D eigenvalue weighted by Gasteiger charge is -2.13. The van der Waals surface area contributed by atoms with E-state index >= 15 is 0 Å². The van der Waals surface area contributed by atoms with E-state index in [2.05, 4.69) is 19.1 Å². The number of benzene rings is 3. The van der Waals surface area contributed by atoms with E-state index in [0.717, 1.165) is 46.6 Å². The summed E-state index contributed by atoms with van der Waals surface area (Å²) >= 11 is 0. The van der Waals surface area contributed by atoms with Crippen LogP contribution in [0, 0.1) is 6.92 Å². The molecule has 0 bridgehead atoms. The molecule has 0 aromatic heterocycles. The van der Waals surface area contributed by atoms with E-state index in [1.807, 2.05) is 54.6 Å². The molecule has 0 saturated carbocycles. The molecule has 0 radical (unpaired) electrons. The molecule has 0 heterocycles. The number of carboxylic acid groups (broad SMARTS) is 1. The zero-order valence-electron chi connectivity index (χ0n) is 17.1. The second kappa shape index (κ2) is 9.04. The number of aryl methyl sites for hydroxylation is 1. The van der Waals surface area contributed by atoms with Gasteiger partial charge in [0.05, 0.1) is 19.6 Å². The lowest BCUT2D eigenvalue weighted by atomic mass is 9.93. The first-order chi connectivity index (χ1) is 14.6. The van der Waals surface area contributed by atoms with Gasteiger partial charge in [-0.15, -0.1) is 0 Å². The molecule has 0 unspecified atom stereocenters. The Morgan fingerprint density at radius 1 is 0.833 bits per heavy atom. The Balaban J connectivity index is 1.33. The van der Waals surface area contributed by atoms with Crippen LogP contribution in [0.15, 0.2) is 66.7 Å². The van der Waals surface area contributed by atoms with Gasteiger partial charge in [0.2, 0.25) is 0 Å². The van der Waals surface area contributed by atoms with Crippen LogP contribution in [0.4, 0.5) is 0 Å². The quantitative estimate of drug-likeness (QED) is 0.458. The number of carbonyl (C=O) groups is 1. The average Bonchev–Trinajstić information content (AvgIpc) is 3.03. The van der Waals surface area contributed by atoms with Crippen molar-refractivity contribution in [3.63, 3.8) is 0 Å². The summed E-state index contributed by atoms with van der Waals surface area (Å²) in [6, 6.07) is 22.1. The van der Waals surface area contributed by atoms with Crippen LogP contribution in [-0.4, -0.2) is 24.3 Å². The van der Waals surface area contributed by atoms with E-state index in [1.165, 1.54) is 5.56 Å². The molecule has 0 aliphatic heterocycles. The molecule has 3 aromatic carbocycles. The van der Waals surface area contributed by atoms with Gasteiger partial charge in [0, 0.05) is 5.92 Å². The fraction of sp³-hybridized carbons (Fsp3) is 0.269. The normalized spacial score (nSPS) is 14.1. The largest absolute Gasteiger partial charge is 0.494 e. The molecule has 154 valence electrons. The standard InChI is InChI=1S/C26H26O4/c1-18-7-6-8-19(15-18)29-13-4-5-14-30-20-11-12-23-21-9-2-3-10-22(21)25(17-26(27)28)24(23)16-20/h2-3,6-12,15-16,25H,4-5,13-14,17H2,1H3,(H,27,28)/t25-/m1/s1. The fourth-order valence-corrected chi connectivity index (χ4v) is 4.06. The van der Waals surface area contributed by atoms with Gasteiger partial charge < -0.3 is 14.6 Å². The lowest BCUT2D eigenvalue weighted by molar-refractivity contribution is -0.137. The van der Waals surface area contributed by atoms with Crippen LogP contribution in [0.25, 0.3) is 11.1 Å². The summed E-state index contributed by atoms with van der Waals surface area (Å²) in [4.78, 5) is 11.4. The van der Waals surface area contributed by atoms with Crippen molar-refractivity contribution in [2.45, 2.75) is 32.1 Å². The summed E-state index contributed by atoms with van der Waals surface area (Å²) in [5.41, 5.74) is 5.55. The predicted molar refractivity (Wildman–Crippen MR) is 117 cm³/mol. The van der Waals surface area contributed by atoms with Crippen molar-refractivity contribution in [1.29, 1.82) is 0 Å². The average molecular weight is 402 g/mol. The monoisotopic (exact) mass is 402 g/mol. The summed E-state index contributed by atoms with van der Waals surface area (Å²) < 4.78 is 11.7. The van der Waals surface area contributed by atoms with Crippen molar-refractivity contribution >= 4 is 5.97 Å². The molecule has 1 atom stereocenters. The molecule has 0 fully saturated rings. The van der Waals surface area contributed by atoms with E-state index in [-0.39, 0.29) is 12.3 Å². The van der Waals surface area contributed by atoms with Gasteiger partial charge in [0.15, 0.2) is 0 Å². The maximum absolute atomic E-state index is 11.4. The SMILES string of the molecule is Cc1cccc(OCCCCOc2ccc3c(c2)[C@H](CC(=O)O)c2ccccc2-3)c1. The zero-order valence-corrected chi connectivity index (χ0v) is 17.1. The van der Waals surface area contributed by atoms with E-state index in [1.54, 1.807) is 0 Å². The first-order valence-corrected chi connectivity index (χ1v) is 10.4. The summed E-state index contributed by atoms with van der Waals surface area (Å²) in [6.07, 6.45) is 1.89. The third kappa shape index (κ3) is 4.48. The number of rotatable bonds is 9. The minimum absolute atomic E-state index is 0.0871. The summed E-state index contributed by atoms with van der Waals surface area (Å²) in [5, 5.41) is 9.37. The molecule has 4 nitrogen and oxygen atoms in total. The maximum atomic E-state index is 11.4. The van der Waals surface area contributed by atoms with Crippen LogP contribution in [0.1, 0.15) is 41.9 Å². The van der Waals surface area contributed by atoms with Gasteiger partial charge in [0.25, 0.3) is 0 Å². The molecule has 1 aliphatic rings. The van der Waals surface area contributed by atoms with E-state index < -0.39 is 5.97 Å². The third-order valence-corrected chi connectivity index (χ3v) is 5.47. The number of carboxylic acids is 1. The van der Waals surface area contributed by atoms with Gasteiger partial charge in [-0.3, -0.25) is 4.79 Å². The van der Waals surface area contributed by atoms with Crippen LogP contribution in [0.3, 0.4) is 0 Å². The van der Waals surface area contributed by atoms with Crippen molar-refractivity contribution in [3.8, 4) is 22.6 Å². The van der Waals surface area contributed by atoms with E-state index in [4.69, 9.17) is 9.47 Å². The molecular formula is C26H26O4. The van der Waals surface area contributed by atoms with Gasteiger partial charge in [-0.1, -0.05) is 42.5 Å². The van der Waals surface area contributed by atoms with Crippen molar-refractivity contribution < 1.29 is 19.4 Å². The molecule has 4 rings (SSSR count). The fourth-order valence-electron chi connectivity index (χ4n) is 4.06. The Morgan fingerprint density at radius 3 is 2.27 bits per heavy atom. The molecule has 4 heteroatoms. The number of unbranched alkanes of at least 4 members (excludes halogenated alkanes) is 1. The smallest absolute Gasteiger partial charge is 0.304 e. The maximum Gasteiger partial charge on any atom is 0.304 e. The number of aliphatic carboxylic acids is 1. The zero-order chi connectivity index (χ0) is 20.9. The molecule has 0 spiro atoms. The Labute approximate surface area is 177 Å². The summed E-state index contributed by atoms with van der Waals surface area (Å²) in [7, 11) is 0. The Hall–Kier alpha value is -3.27. The second-order valence-corrected chi connectivity index (χ2v) is 7.71. The molecular weight excluding hydrogens is 376 g/mol. The van der Waals surface area contributed by atoms with E-state index in [9.17, 15) is 9.90 Å². The van der Waals surface area contributed by atoms with Crippen molar-refractivity contribution in [1.82, 2.24) is 0 Å². The van der Waals surface area contributed by atoms with Gasteiger partial charge >= 0.3 is 5.97 Å². The minimum Gasteiger partial charge on any atom is -0.494 e. The first-order valence-electron chi connectivity index (χ1n) is 10.4. The highest BCUT2D eigenvalue weighted by Crippen LogP contribution is 2.47. The topological polar surface area (TPSA) is 55.8 Å². The summed E-state index contributed by atoms with van der Waals surface area (Å²) in [5.74, 6) is 0.776. The number of hydrogen-bond acceptors (Lipinski definition) is 3. The van der Waals surface area contributed by atoms with Gasteiger partial charge in [-0.2, -0.15) is 0 Å². The van der Waals surface area contributed by atoms with Crippen molar-refractivity contribution in [2.75, 3.05) is 13.2 Å². The van der Waals surface area contributed by atoms with Crippen LogP contribution in [0.2, 0.25) is 0 Å². The van der Waals surface area contributed by atoms with Crippen LogP contribution in [-0.2, 0) is 4.79 Å². The molecule has 0 saturated heterocycles. The summed E-state index contributed by atoms with van der Waals surface area (Å²) in [6.45, 7) is 3.32. The Kier molecular flexibility index (Phi) is 6.03. The van der Waals surface area contributed by atoms with Crippen molar-refractivity contribution in [3.05, 3.63) is 83.4 Å². The predicted octanol–water partition coefficient (Wildman–Crippen LogP) is 5.82. The third-order valence-electron chi connectivity index (χ3n) is 5.47. The number of fused-ring (bicyclic) bond motifs is 3. The highest BCUT2D eigenvalue weighted by atomic mass is 16.5. The molecule has 1 N–H and O–H groups in total. The van der Waals surface area contributed by atoms with Crippen molar-refractivity contribution in [2.24, 2.45) is 0 Å². The molecule has 0 amide bonds. The second-order valence-electron chi connectivity index (χ2n) is 7.71. The number of hydrogen-bond donors (Lipinski definition) is 1. The number of ether oxygens (including phenoxy) is 2. The minimum atomic E-state index is -0.789. The van der Waals surface area contributed by atoms with Gasteiger partial charge in [-0.25, -0.2) is 0 Å². The first kappa shape index (κ1) is 20.0. The molecule has 1 aliphatic carbocycles. The molecule has 3 aromatic rings. The highest BCUT2D eigenvalue weighted by molar-refractivity contribution is 5.82. The van der Waals surface area contributed by atoms with Crippen LogP contribution >= 0.6 is 0 Å². The lowest BCUT2D eigenvalue weighted by Crippen LogP contribution is -2.06. The van der Waals surface area contributed by atoms with E-state index in [0.29, 0.717) is 13.2 Å². The Bertz CT molecular complexity index is 1040.